The van der Waals surface area contributed by atoms with Crippen LogP contribution in [0.1, 0.15) is 5.56 Å². The molecule has 0 aromatic heterocycles. The second-order valence-electron chi connectivity index (χ2n) is 3.92. The second kappa shape index (κ2) is 6.21. The van der Waals surface area contributed by atoms with Crippen LogP contribution < -0.4 is 4.74 Å². The Labute approximate surface area is 119 Å². The Balaban J connectivity index is 2.19. The molecular weight excluding hydrogens is 283 g/mol. The number of carboxylic acids is 1. The predicted octanol–water partition coefficient (Wildman–Crippen LogP) is 4.37. The number of ether oxygens (including phenoxy) is 1. The molecule has 0 unspecified atom stereocenters. The van der Waals surface area contributed by atoms with Gasteiger partial charge in [-0.3, -0.25) is 0 Å². The third-order valence-electron chi connectivity index (χ3n) is 2.40. The third kappa shape index (κ3) is 3.83. The van der Waals surface area contributed by atoms with E-state index in [1.807, 2.05) is 0 Å². The van der Waals surface area contributed by atoms with Crippen molar-refractivity contribution in [1.29, 1.82) is 0 Å². The van der Waals surface area contributed by atoms with Crippen LogP contribution in [0.25, 0.3) is 6.08 Å². The summed E-state index contributed by atoms with van der Waals surface area (Å²) in [6, 6.07) is 10.9. The zero-order valence-electron chi connectivity index (χ0n) is 10.2. The lowest BCUT2D eigenvalue weighted by Gasteiger charge is -2.06. The van der Waals surface area contributed by atoms with Crippen molar-refractivity contribution < 1.29 is 19.0 Å². The van der Waals surface area contributed by atoms with E-state index in [-0.39, 0.29) is 5.02 Å². The Bertz CT molecular complexity index is 668. The molecule has 0 fully saturated rings. The lowest BCUT2D eigenvalue weighted by atomic mass is 10.2. The molecule has 20 heavy (non-hydrogen) atoms. The van der Waals surface area contributed by atoms with Crippen LogP contribution in [-0.2, 0) is 4.79 Å². The Hall–Kier alpha value is -2.33. The molecule has 0 bridgehead atoms. The highest BCUT2D eigenvalue weighted by atomic mass is 35.5. The molecule has 3 nitrogen and oxygen atoms in total. The average Bonchev–Trinajstić information content (AvgIpc) is 2.41. The number of rotatable bonds is 4. The number of carbonyl (C=O) groups is 1. The maximum Gasteiger partial charge on any atom is 0.328 e. The van der Waals surface area contributed by atoms with Crippen molar-refractivity contribution in [2.75, 3.05) is 0 Å². The van der Waals surface area contributed by atoms with E-state index in [0.717, 1.165) is 6.08 Å². The lowest BCUT2D eigenvalue weighted by Crippen LogP contribution is -1.88. The summed E-state index contributed by atoms with van der Waals surface area (Å²) in [4.78, 5) is 10.4. The number of halogens is 2. The topological polar surface area (TPSA) is 46.5 Å². The first-order valence-corrected chi connectivity index (χ1v) is 6.06. The molecule has 0 aliphatic carbocycles. The van der Waals surface area contributed by atoms with Crippen LogP contribution >= 0.6 is 11.6 Å². The van der Waals surface area contributed by atoms with Crippen molar-refractivity contribution in [3.8, 4) is 11.5 Å². The molecule has 0 saturated heterocycles. The Morgan fingerprint density at radius 1 is 1.20 bits per heavy atom. The zero-order valence-corrected chi connectivity index (χ0v) is 11.0. The maximum absolute atomic E-state index is 13.3. The van der Waals surface area contributed by atoms with Crippen molar-refractivity contribution in [3.63, 3.8) is 0 Å². The summed E-state index contributed by atoms with van der Waals surface area (Å²) in [6.45, 7) is 0. The van der Waals surface area contributed by atoms with Gasteiger partial charge < -0.3 is 9.84 Å². The zero-order chi connectivity index (χ0) is 14.5. The minimum Gasteiger partial charge on any atom is -0.478 e. The molecule has 5 heteroatoms. The van der Waals surface area contributed by atoms with Gasteiger partial charge in [-0.05, 0) is 35.9 Å². The molecule has 0 amide bonds. The van der Waals surface area contributed by atoms with Crippen molar-refractivity contribution >= 4 is 23.6 Å². The number of hydrogen-bond acceptors (Lipinski definition) is 2. The molecule has 0 heterocycles. The van der Waals surface area contributed by atoms with E-state index in [0.29, 0.717) is 17.1 Å². The van der Waals surface area contributed by atoms with Crippen LogP contribution in [-0.4, -0.2) is 11.1 Å². The number of benzene rings is 2. The van der Waals surface area contributed by atoms with Crippen LogP contribution in [0.3, 0.4) is 0 Å². The van der Waals surface area contributed by atoms with Crippen molar-refractivity contribution in [2.24, 2.45) is 0 Å². The summed E-state index contributed by atoms with van der Waals surface area (Å²) < 4.78 is 18.8. The highest BCUT2D eigenvalue weighted by Gasteiger charge is 2.03. The minimum atomic E-state index is -1.03. The summed E-state index contributed by atoms with van der Waals surface area (Å²) in [6.07, 6.45) is 2.47. The van der Waals surface area contributed by atoms with E-state index in [4.69, 9.17) is 21.4 Å². The van der Waals surface area contributed by atoms with Gasteiger partial charge in [-0.25, -0.2) is 9.18 Å². The van der Waals surface area contributed by atoms with Crippen LogP contribution in [0.4, 0.5) is 4.39 Å². The minimum absolute atomic E-state index is 0.0236. The molecule has 2 rings (SSSR count). The normalized spacial score (nSPS) is 10.7. The predicted molar refractivity (Wildman–Crippen MR) is 74.6 cm³/mol. The number of carboxylic acid groups (broad SMARTS) is 1. The quantitative estimate of drug-likeness (QED) is 0.851. The second-order valence-corrected chi connectivity index (χ2v) is 4.33. The Kier molecular flexibility index (Phi) is 4.38. The van der Waals surface area contributed by atoms with Gasteiger partial charge in [-0.1, -0.05) is 23.7 Å². The standard InChI is InChI=1S/C15H10ClFO3/c16-13-6-5-12(9-14(13)17)20-11-3-1-2-10(8-11)4-7-15(18)19/h1-9H,(H,18,19)/b7-4+. The van der Waals surface area contributed by atoms with E-state index in [1.165, 1.54) is 18.2 Å². The first-order chi connectivity index (χ1) is 9.54. The van der Waals surface area contributed by atoms with Crippen molar-refractivity contribution in [3.05, 3.63) is 64.9 Å². The van der Waals surface area contributed by atoms with Crippen molar-refractivity contribution in [1.82, 2.24) is 0 Å². The molecule has 0 aliphatic rings. The van der Waals surface area contributed by atoms with E-state index >= 15 is 0 Å². The van der Waals surface area contributed by atoms with Gasteiger partial charge in [-0.2, -0.15) is 0 Å². The first-order valence-electron chi connectivity index (χ1n) is 5.68. The average molecular weight is 293 g/mol. The SMILES string of the molecule is O=C(O)/C=C/c1cccc(Oc2ccc(Cl)c(F)c2)c1. The molecule has 0 radical (unpaired) electrons. The van der Waals surface area contributed by atoms with Gasteiger partial charge in [0.1, 0.15) is 17.3 Å². The van der Waals surface area contributed by atoms with Crippen LogP contribution in [0.5, 0.6) is 11.5 Å². The first kappa shape index (κ1) is 14.1. The molecule has 0 aliphatic heterocycles. The Morgan fingerprint density at radius 2 is 1.95 bits per heavy atom. The van der Waals surface area contributed by atoms with Crippen LogP contribution in [0.2, 0.25) is 5.02 Å². The molecule has 1 N–H and O–H groups in total. The largest absolute Gasteiger partial charge is 0.478 e. The summed E-state index contributed by atoms with van der Waals surface area (Å²) in [5.41, 5.74) is 0.666. The van der Waals surface area contributed by atoms with Gasteiger partial charge in [0.2, 0.25) is 0 Å². The fourth-order valence-corrected chi connectivity index (χ4v) is 1.64. The molecular formula is C15H10ClFO3. The van der Waals surface area contributed by atoms with Crippen LogP contribution in [0.15, 0.2) is 48.5 Å². The van der Waals surface area contributed by atoms with E-state index in [9.17, 15) is 9.18 Å². The maximum atomic E-state index is 13.3. The third-order valence-corrected chi connectivity index (χ3v) is 2.71. The molecule has 0 atom stereocenters. The summed E-state index contributed by atoms with van der Waals surface area (Å²) in [5.74, 6) is -0.812. The monoisotopic (exact) mass is 292 g/mol. The van der Waals surface area contributed by atoms with Gasteiger partial charge in [0.25, 0.3) is 0 Å². The van der Waals surface area contributed by atoms with Gasteiger partial charge in [0.15, 0.2) is 0 Å². The molecule has 2 aromatic rings. The summed E-state index contributed by atoms with van der Waals surface area (Å²) in [7, 11) is 0. The smallest absolute Gasteiger partial charge is 0.328 e. The highest BCUT2D eigenvalue weighted by Crippen LogP contribution is 2.26. The van der Waals surface area contributed by atoms with Gasteiger partial charge >= 0.3 is 5.97 Å². The molecule has 0 spiro atoms. The summed E-state index contributed by atoms with van der Waals surface area (Å²) >= 11 is 5.58. The lowest BCUT2D eigenvalue weighted by molar-refractivity contribution is -0.131. The Morgan fingerprint density at radius 3 is 2.65 bits per heavy atom. The van der Waals surface area contributed by atoms with E-state index in [1.54, 1.807) is 30.3 Å². The molecule has 102 valence electrons. The van der Waals surface area contributed by atoms with Gasteiger partial charge in [0, 0.05) is 12.1 Å². The van der Waals surface area contributed by atoms with E-state index in [2.05, 4.69) is 0 Å². The highest BCUT2D eigenvalue weighted by molar-refractivity contribution is 6.30. The fraction of sp³-hybridized carbons (Fsp3) is 0. The van der Waals surface area contributed by atoms with Crippen LogP contribution in [0, 0.1) is 5.82 Å². The van der Waals surface area contributed by atoms with Gasteiger partial charge in [-0.15, -0.1) is 0 Å². The number of hydrogen-bond donors (Lipinski definition) is 1. The summed E-state index contributed by atoms with van der Waals surface area (Å²) in [5, 5.41) is 8.59. The van der Waals surface area contributed by atoms with Gasteiger partial charge in [0.05, 0.1) is 5.02 Å². The molecule has 0 saturated carbocycles. The molecule has 2 aromatic carbocycles. The fourth-order valence-electron chi connectivity index (χ4n) is 1.53. The van der Waals surface area contributed by atoms with E-state index < -0.39 is 11.8 Å². The number of aliphatic carboxylic acids is 1. The van der Waals surface area contributed by atoms with Crippen molar-refractivity contribution in [2.45, 2.75) is 0 Å².